The molecule has 2 unspecified atom stereocenters. The summed E-state index contributed by atoms with van der Waals surface area (Å²) in [4.78, 5) is 0. The Morgan fingerprint density at radius 1 is 1.22 bits per heavy atom. The van der Waals surface area contributed by atoms with E-state index in [-0.39, 0.29) is 0 Å². The zero-order chi connectivity index (χ0) is 12.8. The van der Waals surface area contributed by atoms with Crippen LogP contribution >= 0.6 is 0 Å². The number of ether oxygens (including phenoxy) is 1. The van der Waals surface area contributed by atoms with Crippen LogP contribution in [0.3, 0.4) is 0 Å². The van der Waals surface area contributed by atoms with E-state index < -0.39 is 0 Å². The van der Waals surface area contributed by atoms with Crippen molar-refractivity contribution in [2.45, 2.75) is 39.3 Å². The zero-order valence-corrected chi connectivity index (χ0v) is 11.6. The molecule has 1 saturated carbocycles. The van der Waals surface area contributed by atoms with E-state index in [0.29, 0.717) is 6.61 Å². The van der Waals surface area contributed by atoms with Gasteiger partial charge in [0, 0.05) is 13.7 Å². The normalized spacial score (nSPS) is 23.4. The minimum atomic E-state index is 0.707. The summed E-state index contributed by atoms with van der Waals surface area (Å²) in [6, 6.07) is 8.53. The molecule has 1 N–H and O–H groups in total. The number of hydrogen-bond donors (Lipinski definition) is 1. The molecule has 0 spiro atoms. The maximum atomic E-state index is 5.23. The van der Waals surface area contributed by atoms with Crippen LogP contribution in [0.5, 0.6) is 0 Å². The van der Waals surface area contributed by atoms with Crippen molar-refractivity contribution in [1.29, 1.82) is 0 Å². The minimum absolute atomic E-state index is 0.707. The molecule has 2 heteroatoms. The lowest BCUT2D eigenvalue weighted by molar-refractivity contribution is 0.184. The summed E-state index contributed by atoms with van der Waals surface area (Å²) in [5.74, 6) is 1.81. The first-order valence-electron chi connectivity index (χ1n) is 7.06. The predicted octanol–water partition coefficient (Wildman–Crippen LogP) is 3.36. The lowest BCUT2D eigenvalue weighted by atomic mass is 10.1. The summed E-state index contributed by atoms with van der Waals surface area (Å²) in [6.07, 6.45) is 4.20. The molecule has 100 valence electrons. The third-order valence-electron chi connectivity index (χ3n) is 3.97. The van der Waals surface area contributed by atoms with Crippen LogP contribution in [0.4, 0.5) is 0 Å². The Labute approximate surface area is 111 Å². The molecule has 0 heterocycles. The number of benzene rings is 1. The molecule has 0 aliphatic heterocycles. The fraction of sp³-hybridized carbons (Fsp3) is 0.625. The largest absolute Gasteiger partial charge is 0.380 e. The molecule has 1 aliphatic carbocycles. The first-order chi connectivity index (χ1) is 8.79. The van der Waals surface area contributed by atoms with Gasteiger partial charge in [0.2, 0.25) is 0 Å². The SMILES string of the molecule is COCc1ccccc1CNCC1CCC(C)C1. The van der Waals surface area contributed by atoms with E-state index in [0.717, 1.165) is 24.9 Å². The Kier molecular flexibility index (Phi) is 5.21. The summed E-state index contributed by atoms with van der Waals surface area (Å²) < 4.78 is 5.23. The highest BCUT2D eigenvalue weighted by molar-refractivity contribution is 5.26. The second kappa shape index (κ2) is 6.91. The van der Waals surface area contributed by atoms with Gasteiger partial charge in [-0.05, 0) is 42.3 Å². The van der Waals surface area contributed by atoms with E-state index in [1.54, 1.807) is 7.11 Å². The van der Waals surface area contributed by atoms with Gasteiger partial charge in [-0.25, -0.2) is 0 Å². The summed E-state index contributed by atoms with van der Waals surface area (Å²) in [7, 11) is 1.75. The summed E-state index contributed by atoms with van der Waals surface area (Å²) in [5, 5.41) is 3.61. The van der Waals surface area contributed by atoms with Gasteiger partial charge in [0.15, 0.2) is 0 Å². The van der Waals surface area contributed by atoms with Crippen molar-refractivity contribution in [3.63, 3.8) is 0 Å². The van der Waals surface area contributed by atoms with E-state index in [2.05, 4.69) is 36.5 Å². The molecular formula is C16H25NO. The molecule has 0 amide bonds. The smallest absolute Gasteiger partial charge is 0.0716 e. The van der Waals surface area contributed by atoms with E-state index in [9.17, 15) is 0 Å². The maximum Gasteiger partial charge on any atom is 0.0716 e. The first kappa shape index (κ1) is 13.6. The second-order valence-electron chi connectivity index (χ2n) is 5.62. The predicted molar refractivity (Wildman–Crippen MR) is 75.4 cm³/mol. The van der Waals surface area contributed by atoms with Gasteiger partial charge in [-0.2, -0.15) is 0 Å². The Bertz CT molecular complexity index is 364. The van der Waals surface area contributed by atoms with Crippen LogP contribution < -0.4 is 5.32 Å². The Morgan fingerprint density at radius 3 is 2.67 bits per heavy atom. The van der Waals surface area contributed by atoms with Crippen LogP contribution in [0, 0.1) is 11.8 Å². The number of rotatable bonds is 6. The van der Waals surface area contributed by atoms with Crippen LogP contribution in [-0.4, -0.2) is 13.7 Å². The molecule has 0 aromatic heterocycles. The van der Waals surface area contributed by atoms with Crippen LogP contribution in [0.2, 0.25) is 0 Å². The van der Waals surface area contributed by atoms with Crippen molar-refractivity contribution in [1.82, 2.24) is 5.32 Å². The van der Waals surface area contributed by atoms with Crippen LogP contribution in [0.15, 0.2) is 24.3 Å². The Morgan fingerprint density at radius 2 is 2.00 bits per heavy atom. The number of nitrogens with one attached hydrogen (secondary N) is 1. The quantitative estimate of drug-likeness (QED) is 0.832. The first-order valence-corrected chi connectivity index (χ1v) is 7.06. The highest BCUT2D eigenvalue weighted by Gasteiger charge is 2.20. The Balaban J connectivity index is 1.79. The molecule has 0 saturated heterocycles. The van der Waals surface area contributed by atoms with Gasteiger partial charge in [-0.3, -0.25) is 0 Å². The van der Waals surface area contributed by atoms with E-state index in [1.807, 2.05) is 0 Å². The van der Waals surface area contributed by atoms with Crippen LogP contribution in [0.1, 0.15) is 37.3 Å². The molecule has 1 aromatic rings. The molecule has 2 rings (SSSR count). The molecule has 2 nitrogen and oxygen atoms in total. The van der Waals surface area contributed by atoms with Gasteiger partial charge in [0.25, 0.3) is 0 Å². The summed E-state index contributed by atoms with van der Waals surface area (Å²) in [6.45, 7) is 5.20. The Hall–Kier alpha value is -0.860. The lowest BCUT2D eigenvalue weighted by Gasteiger charge is -2.13. The van der Waals surface area contributed by atoms with Gasteiger partial charge >= 0.3 is 0 Å². The van der Waals surface area contributed by atoms with Crippen LogP contribution in [-0.2, 0) is 17.9 Å². The third-order valence-corrected chi connectivity index (χ3v) is 3.97. The molecule has 1 aromatic carbocycles. The van der Waals surface area contributed by atoms with Crippen molar-refractivity contribution in [2.24, 2.45) is 11.8 Å². The van der Waals surface area contributed by atoms with E-state index in [4.69, 9.17) is 4.74 Å². The lowest BCUT2D eigenvalue weighted by Crippen LogP contribution is -2.21. The van der Waals surface area contributed by atoms with Crippen molar-refractivity contribution < 1.29 is 4.74 Å². The fourth-order valence-corrected chi connectivity index (χ4v) is 2.95. The second-order valence-corrected chi connectivity index (χ2v) is 5.62. The fourth-order valence-electron chi connectivity index (χ4n) is 2.95. The molecule has 2 atom stereocenters. The van der Waals surface area contributed by atoms with Gasteiger partial charge < -0.3 is 10.1 Å². The van der Waals surface area contributed by atoms with Crippen molar-refractivity contribution in [3.05, 3.63) is 35.4 Å². The average Bonchev–Trinajstić information content (AvgIpc) is 2.78. The monoisotopic (exact) mass is 247 g/mol. The molecule has 1 fully saturated rings. The summed E-state index contributed by atoms with van der Waals surface area (Å²) >= 11 is 0. The highest BCUT2D eigenvalue weighted by atomic mass is 16.5. The summed E-state index contributed by atoms with van der Waals surface area (Å²) in [5.41, 5.74) is 2.66. The highest BCUT2D eigenvalue weighted by Crippen LogP contribution is 2.29. The molecule has 0 bridgehead atoms. The topological polar surface area (TPSA) is 21.3 Å². The third kappa shape index (κ3) is 3.82. The standard InChI is InChI=1S/C16H25NO/c1-13-7-8-14(9-13)10-17-11-15-5-3-4-6-16(15)12-18-2/h3-6,13-14,17H,7-12H2,1-2H3. The molecule has 1 aliphatic rings. The van der Waals surface area contributed by atoms with Crippen molar-refractivity contribution >= 4 is 0 Å². The maximum absolute atomic E-state index is 5.23. The van der Waals surface area contributed by atoms with Gasteiger partial charge in [-0.15, -0.1) is 0 Å². The minimum Gasteiger partial charge on any atom is -0.380 e. The molecule has 18 heavy (non-hydrogen) atoms. The number of hydrogen-bond acceptors (Lipinski definition) is 2. The van der Waals surface area contributed by atoms with Gasteiger partial charge in [0.05, 0.1) is 6.61 Å². The van der Waals surface area contributed by atoms with Gasteiger partial charge in [0.1, 0.15) is 0 Å². The van der Waals surface area contributed by atoms with E-state index in [1.165, 1.54) is 30.4 Å². The van der Waals surface area contributed by atoms with Crippen molar-refractivity contribution in [3.8, 4) is 0 Å². The average molecular weight is 247 g/mol. The van der Waals surface area contributed by atoms with Crippen LogP contribution in [0.25, 0.3) is 0 Å². The van der Waals surface area contributed by atoms with Crippen molar-refractivity contribution in [2.75, 3.05) is 13.7 Å². The van der Waals surface area contributed by atoms with E-state index >= 15 is 0 Å². The zero-order valence-electron chi connectivity index (χ0n) is 11.6. The number of methoxy groups -OCH3 is 1. The van der Waals surface area contributed by atoms with Gasteiger partial charge in [-0.1, -0.05) is 37.6 Å². The molecule has 0 radical (unpaired) electrons. The molecular weight excluding hydrogens is 222 g/mol.